The van der Waals surface area contributed by atoms with Crippen molar-refractivity contribution in [1.29, 1.82) is 0 Å². The zero-order valence-corrected chi connectivity index (χ0v) is 7.21. The van der Waals surface area contributed by atoms with Crippen LogP contribution >= 0.6 is 0 Å². The van der Waals surface area contributed by atoms with Gasteiger partial charge < -0.3 is 5.11 Å². The molecule has 2 rings (SSSR count). The summed E-state index contributed by atoms with van der Waals surface area (Å²) >= 11 is 0. The molecule has 0 bridgehead atoms. The molecular weight excluding hydrogens is 209 g/mol. The number of fused-ring (bicyclic) bond motifs is 1. The van der Waals surface area contributed by atoms with Gasteiger partial charge in [-0.2, -0.15) is 18.2 Å². The molecule has 0 aliphatic rings. The van der Waals surface area contributed by atoms with Gasteiger partial charge >= 0.3 is 6.18 Å². The molecule has 0 saturated carbocycles. The van der Waals surface area contributed by atoms with Gasteiger partial charge in [-0.1, -0.05) is 0 Å². The van der Waals surface area contributed by atoms with E-state index in [-0.39, 0.29) is 16.8 Å². The molecule has 2 aromatic rings. The molecule has 0 spiro atoms. The van der Waals surface area contributed by atoms with Gasteiger partial charge in [0.1, 0.15) is 0 Å². The van der Waals surface area contributed by atoms with Gasteiger partial charge in [-0.15, -0.1) is 0 Å². The van der Waals surface area contributed by atoms with Crippen LogP contribution in [0, 0.1) is 6.33 Å². The number of aromatic nitrogens is 2. The summed E-state index contributed by atoms with van der Waals surface area (Å²) in [7, 11) is 0. The van der Waals surface area contributed by atoms with Crippen molar-refractivity contribution in [1.82, 2.24) is 9.97 Å². The van der Waals surface area contributed by atoms with Crippen molar-refractivity contribution in [3.05, 3.63) is 30.1 Å². The van der Waals surface area contributed by atoms with Crippen molar-refractivity contribution in [2.24, 2.45) is 0 Å². The summed E-state index contributed by atoms with van der Waals surface area (Å²) in [5.41, 5.74) is -0.807. The summed E-state index contributed by atoms with van der Waals surface area (Å²) in [6.45, 7) is 0. The van der Waals surface area contributed by atoms with Gasteiger partial charge in [0.15, 0.2) is 0 Å². The second-order valence-corrected chi connectivity index (χ2v) is 2.88. The largest absolute Gasteiger partial charge is 0.493 e. The maximum atomic E-state index is 12.3. The third-order valence-electron chi connectivity index (χ3n) is 1.89. The zero-order chi connectivity index (χ0) is 11.1. The Morgan fingerprint density at radius 3 is 2.60 bits per heavy atom. The fraction of sp³-hybridized carbons (Fsp3) is 0.111. The molecule has 15 heavy (non-hydrogen) atoms. The van der Waals surface area contributed by atoms with Crippen LogP contribution in [0.2, 0.25) is 0 Å². The molecule has 1 aromatic carbocycles. The van der Waals surface area contributed by atoms with E-state index in [1.807, 2.05) is 0 Å². The lowest BCUT2D eigenvalue weighted by atomic mass is 10.1. The SMILES string of the molecule is Oc1n[c]nc2cc(C(F)(F)F)ccc12. The summed E-state index contributed by atoms with van der Waals surface area (Å²) in [5, 5.41) is 9.37. The molecule has 0 fully saturated rings. The van der Waals surface area contributed by atoms with E-state index in [1.54, 1.807) is 0 Å². The predicted octanol–water partition coefficient (Wildman–Crippen LogP) is 2.15. The Bertz CT molecular complexity index is 510. The lowest BCUT2D eigenvalue weighted by Crippen LogP contribution is -2.04. The lowest BCUT2D eigenvalue weighted by molar-refractivity contribution is -0.137. The van der Waals surface area contributed by atoms with Crippen molar-refractivity contribution in [2.75, 3.05) is 0 Å². The topological polar surface area (TPSA) is 46.0 Å². The average molecular weight is 213 g/mol. The van der Waals surface area contributed by atoms with Crippen LogP contribution in [0.3, 0.4) is 0 Å². The number of aromatic hydroxyl groups is 1. The number of halogens is 3. The number of benzene rings is 1. The summed E-state index contributed by atoms with van der Waals surface area (Å²) < 4.78 is 36.9. The van der Waals surface area contributed by atoms with Gasteiger partial charge in [0.25, 0.3) is 0 Å². The maximum Gasteiger partial charge on any atom is 0.416 e. The number of alkyl halides is 3. The van der Waals surface area contributed by atoms with Gasteiger partial charge in [-0.25, -0.2) is 4.98 Å². The normalized spacial score (nSPS) is 11.9. The second-order valence-electron chi connectivity index (χ2n) is 2.88. The minimum atomic E-state index is -4.42. The minimum Gasteiger partial charge on any atom is -0.493 e. The van der Waals surface area contributed by atoms with Gasteiger partial charge in [-0.3, -0.25) is 0 Å². The molecule has 1 radical (unpaired) electrons. The van der Waals surface area contributed by atoms with Crippen molar-refractivity contribution >= 4 is 10.9 Å². The molecule has 0 amide bonds. The van der Waals surface area contributed by atoms with E-state index >= 15 is 0 Å². The molecule has 1 N–H and O–H groups in total. The second kappa shape index (κ2) is 3.08. The van der Waals surface area contributed by atoms with E-state index < -0.39 is 11.7 Å². The van der Waals surface area contributed by atoms with E-state index in [0.717, 1.165) is 18.2 Å². The van der Waals surface area contributed by atoms with Crippen molar-refractivity contribution < 1.29 is 18.3 Å². The van der Waals surface area contributed by atoms with Crippen molar-refractivity contribution in [3.63, 3.8) is 0 Å². The highest BCUT2D eigenvalue weighted by atomic mass is 19.4. The Morgan fingerprint density at radius 1 is 1.20 bits per heavy atom. The number of rotatable bonds is 0. The minimum absolute atomic E-state index is 0.0114. The standard InChI is InChI=1S/C9H4F3N2O/c10-9(11,12)5-1-2-6-7(3-5)13-4-14-8(6)15/h1-3H,(H,13,14,15). The van der Waals surface area contributed by atoms with E-state index in [1.165, 1.54) is 0 Å². The summed E-state index contributed by atoms with van der Waals surface area (Å²) in [6.07, 6.45) is -2.36. The highest BCUT2D eigenvalue weighted by molar-refractivity contribution is 5.83. The molecule has 0 aliphatic heterocycles. The van der Waals surface area contributed by atoms with Gasteiger partial charge in [0.05, 0.1) is 16.5 Å². The van der Waals surface area contributed by atoms with E-state index in [0.29, 0.717) is 0 Å². The molecule has 1 aromatic heterocycles. The van der Waals surface area contributed by atoms with E-state index in [4.69, 9.17) is 0 Å². The summed E-state index contributed by atoms with van der Waals surface area (Å²) in [6, 6.07) is 2.83. The number of nitrogens with zero attached hydrogens (tertiary/aromatic N) is 2. The van der Waals surface area contributed by atoms with E-state index in [9.17, 15) is 18.3 Å². The van der Waals surface area contributed by atoms with Crippen LogP contribution in [0.15, 0.2) is 18.2 Å². The third kappa shape index (κ3) is 1.70. The quantitative estimate of drug-likeness (QED) is 0.729. The monoisotopic (exact) mass is 213 g/mol. The predicted molar refractivity (Wildman–Crippen MR) is 45.0 cm³/mol. The van der Waals surface area contributed by atoms with Crippen LogP contribution in [0.1, 0.15) is 5.56 Å². The van der Waals surface area contributed by atoms with Crippen molar-refractivity contribution in [3.8, 4) is 5.88 Å². The third-order valence-corrected chi connectivity index (χ3v) is 1.89. The van der Waals surface area contributed by atoms with Gasteiger partial charge in [0, 0.05) is 0 Å². The molecule has 6 heteroatoms. The first kappa shape index (κ1) is 9.70. The smallest absolute Gasteiger partial charge is 0.416 e. The first-order valence-electron chi connectivity index (χ1n) is 3.92. The first-order valence-corrected chi connectivity index (χ1v) is 3.92. The maximum absolute atomic E-state index is 12.3. The highest BCUT2D eigenvalue weighted by Crippen LogP contribution is 2.31. The fourth-order valence-corrected chi connectivity index (χ4v) is 1.18. The van der Waals surface area contributed by atoms with Gasteiger partial charge in [-0.05, 0) is 18.2 Å². The zero-order valence-electron chi connectivity index (χ0n) is 7.21. The molecule has 77 valence electrons. The molecule has 0 saturated heterocycles. The highest BCUT2D eigenvalue weighted by Gasteiger charge is 2.30. The van der Waals surface area contributed by atoms with Crippen LogP contribution in [-0.2, 0) is 6.18 Å². The van der Waals surface area contributed by atoms with Crippen LogP contribution in [0.5, 0.6) is 5.88 Å². The average Bonchev–Trinajstić information content (AvgIpc) is 2.16. The van der Waals surface area contributed by atoms with Crippen LogP contribution in [-0.4, -0.2) is 15.1 Å². The molecular formula is C9H4F3N2O. The van der Waals surface area contributed by atoms with Crippen LogP contribution in [0.4, 0.5) is 13.2 Å². The van der Waals surface area contributed by atoms with Crippen LogP contribution < -0.4 is 0 Å². The molecule has 0 atom stereocenters. The first-order chi connectivity index (χ1) is 6.98. The Balaban J connectivity index is 2.68. The molecule has 1 heterocycles. The van der Waals surface area contributed by atoms with Crippen molar-refractivity contribution in [2.45, 2.75) is 6.18 Å². The Labute approximate surface area is 82.2 Å². The Morgan fingerprint density at radius 2 is 1.93 bits per heavy atom. The fourth-order valence-electron chi connectivity index (χ4n) is 1.18. The van der Waals surface area contributed by atoms with E-state index in [2.05, 4.69) is 16.3 Å². The molecule has 3 nitrogen and oxygen atoms in total. The van der Waals surface area contributed by atoms with Gasteiger partial charge in [0.2, 0.25) is 12.2 Å². The lowest BCUT2D eigenvalue weighted by Gasteiger charge is -2.06. The number of hydrogen-bond donors (Lipinski definition) is 1. The Kier molecular flexibility index (Phi) is 1.99. The van der Waals surface area contributed by atoms with Crippen LogP contribution in [0.25, 0.3) is 10.9 Å². The number of hydrogen-bond acceptors (Lipinski definition) is 3. The summed E-state index contributed by atoms with van der Waals surface area (Å²) in [5.74, 6) is -0.381. The Hall–Kier alpha value is -1.85. The summed E-state index contributed by atoms with van der Waals surface area (Å²) in [4.78, 5) is 6.86. The molecule has 0 aliphatic carbocycles. The molecule has 0 unspecified atom stereocenters.